The van der Waals surface area contributed by atoms with Crippen LogP contribution in [0.3, 0.4) is 0 Å². The van der Waals surface area contributed by atoms with Gasteiger partial charge in [0, 0.05) is 10.6 Å². The third-order valence-electron chi connectivity index (χ3n) is 3.61. The Morgan fingerprint density at radius 2 is 2.06 bits per heavy atom. The molecule has 2 nitrogen and oxygen atoms in total. The maximum Gasteiger partial charge on any atom is 0.0624 e. The van der Waals surface area contributed by atoms with Crippen molar-refractivity contribution in [2.45, 2.75) is 36.6 Å². The molecule has 0 amide bonds. The molecule has 0 heterocycles. The zero-order valence-corrected chi connectivity index (χ0v) is 11.9. The highest BCUT2D eigenvalue weighted by molar-refractivity contribution is 7.99. The minimum atomic E-state index is -0.0729. The van der Waals surface area contributed by atoms with E-state index in [0.29, 0.717) is 5.92 Å². The molecule has 3 heteroatoms. The summed E-state index contributed by atoms with van der Waals surface area (Å²) in [5.41, 5.74) is -0.0729. The molecule has 0 aromatic heterocycles. The van der Waals surface area contributed by atoms with E-state index >= 15 is 0 Å². The molecule has 1 atom stereocenters. The topological polar surface area (TPSA) is 32.3 Å². The number of hydrogen-bond acceptors (Lipinski definition) is 3. The summed E-state index contributed by atoms with van der Waals surface area (Å²) in [5.74, 6) is 1.61. The van der Waals surface area contributed by atoms with E-state index in [9.17, 15) is 5.11 Å². The van der Waals surface area contributed by atoms with E-state index in [0.717, 1.165) is 18.7 Å². The number of aliphatic hydroxyl groups is 1. The molecule has 1 aromatic carbocycles. The summed E-state index contributed by atoms with van der Waals surface area (Å²) < 4.78 is 0. The van der Waals surface area contributed by atoms with Gasteiger partial charge in [-0.25, -0.2) is 0 Å². The van der Waals surface area contributed by atoms with Crippen LogP contribution in [0.4, 0.5) is 0 Å². The van der Waals surface area contributed by atoms with Crippen molar-refractivity contribution in [2.24, 2.45) is 5.92 Å². The van der Waals surface area contributed by atoms with Crippen molar-refractivity contribution in [1.82, 2.24) is 5.32 Å². The second-order valence-corrected chi connectivity index (χ2v) is 6.17. The Kier molecular flexibility index (Phi) is 5.10. The van der Waals surface area contributed by atoms with Gasteiger partial charge in [-0.15, -0.1) is 11.8 Å². The Hall–Kier alpha value is -0.510. The first-order chi connectivity index (χ1) is 8.80. The van der Waals surface area contributed by atoms with Gasteiger partial charge in [0.05, 0.1) is 12.1 Å². The van der Waals surface area contributed by atoms with Gasteiger partial charge in [-0.1, -0.05) is 25.1 Å². The van der Waals surface area contributed by atoms with Crippen molar-refractivity contribution in [3.05, 3.63) is 30.3 Å². The SMILES string of the molecule is CCCNC(CO)(CSc1ccccc1)C1CC1. The lowest BCUT2D eigenvalue weighted by molar-refractivity contribution is 0.159. The standard InChI is InChI=1S/C15H23NOS/c1-2-10-16-15(11-17,13-8-9-13)12-18-14-6-4-3-5-7-14/h3-7,13,16-17H,2,8-12H2,1H3. The second-order valence-electron chi connectivity index (χ2n) is 5.12. The molecule has 0 aliphatic heterocycles. The fraction of sp³-hybridized carbons (Fsp3) is 0.600. The van der Waals surface area contributed by atoms with Gasteiger partial charge in [0.25, 0.3) is 0 Å². The van der Waals surface area contributed by atoms with Gasteiger partial charge >= 0.3 is 0 Å². The predicted molar refractivity (Wildman–Crippen MR) is 78.0 cm³/mol. The average Bonchev–Trinajstić information content (AvgIpc) is 3.26. The van der Waals surface area contributed by atoms with E-state index in [-0.39, 0.29) is 12.1 Å². The Balaban J connectivity index is 1.96. The van der Waals surface area contributed by atoms with Crippen LogP contribution in [0.2, 0.25) is 0 Å². The van der Waals surface area contributed by atoms with Gasteiger partial charge < -0.3 is 10.4 Å². The monoisotopic (exact) mass is 265 g/mol. The smallest absolute Gasteiger partial charge is 0.0624 e. The summed E-state index contributed by atoms with van der Waals surface area (Å²) in [4.78, 5) is 1.29. The number of rotatable bonds is 8. The van der Waals surface area contributed by atoms with E-state index in [1.807, 2.05) is 17.8 Å². The van der Waals surface area contributed by atoms with Gasteiger partial charge in [-0.05, 0) is 43.9 Å². The summed E-state index contributed by atoms with van der Waals surface area (Å²) >= 11 is 1.85. The number of thioether (sulfide) groups is 1. The Morgan fingerprint density at radius 3 is 2.61 bits per heavy atom. The first-order valence-corrected chi connectivity index (χ1v) is 7.83. The highest BCUT2D eigenvalue weighted by atomic mass is 32.2. The summed E-state index contributed by atoms with van der Waals surface area (Å²) in [6.07, 6.45) is 3.63. The summed E-state index contributed by atoms with van der Waals surface area (Å²) in [5, 5.41) is 13.4. The number of benzene rings is 1. The number of aliphatic hydroxyl groups excluding tert-OH is 1. The summed E-state index contributed by atoms with van der Waals surface area (Å²) in [6, 6.07) is 10.5. The Bertz CT molecular complexity index is 353. The van der Waals surface area contributed by atoms with Crippen LogP contribution in [-0.2, 0) is 0 Å². The molecule has 1 aliphatic rings. The largest absolute Gasteiger partial charge is 0.394 e. The van der Waals surface area contributed by atoms with Crippen LogP contribution in [0, 0.1) is 5.92 Å². The molecule has 0 spiro atoms. The Labute approximate surface area is 114 Å². The molecule has 0 radical (unpaired) electrons. The van der Waals surface area contributed by atoms with Crippen LogP contribution < -0.4 is 5.32 Å². The lowest BCUT2D eigenvalue weighted by atomic mass is 9.96. The second kappa shape index (κ2) is 6.60. The maximum atomic E-state index is 9.82. The molecule has 1 fully saturated rings. The molecule has 1 aromatic rings. The molecule has 1 saturated carbocycles. The van der Waals surface area contributed by atoms with E-state index in [4.69, 9.17) is 0 Å². The van der Waals surface area contributed by atoms with Crippen LogP contribution in [0.1, 0.15) is 26.2 Å². The van der Waals surface area contributed by atoms with Gasteiger partial charge in [0.1, 0.15) is 0 Å². The summed E-state index contributed by atoms with van der Waals surface area (Å²) in [6.45, 7) is 3.41. The van der Waals surface area contributed by atoms with E-state index in [2.05, 4.69) is 36.5 Å². The third-order valence-corrected chi connectivity index (χ3v) is 4.87. The minimum Gasteiger partial charge on any atom is -0.394 e. The van der Waals surface area contributed by atoms with Gasteiger partial charge in [0.2, 0.25) is 0 Å². The number of hydrogen-bond donors (Lipinski definition) is 2. The van der Waals surface area contributed by atoms with Crippen molar-refractivity contribution < 1.29 is 5.11 Å². The molecule has 1 aliphatic carbocycles. The lowest BCUT2D eigenvalue weighted by Gasteiger charge is -2.33. The molecule has 18 heavy (non-hydrogen) atoms. The van der Waals surface area contributed by atoms with Gasteiger partial charge in [-0.2, -0.15) is 0 Å². The van der Waals surface area contributed by atoms with Crippen LogP contribution in [0.15, 0.2) is 35.2 Å². The maximum absolute atomic E-state index is 9.82. The van der Waals surface area contributed by atoms with Crippen LogP contribution in [-0.4, -0.2) is 29.5 Å². The van der Waals surface area contributed by atoms with E-state index in [1.165, 1.54) is 17.7 Å². The molecular formula is C15H23NOS. The van der Waals surface area contributed by atoms with E-state index < -0.39 is 0 Å². The molecule has 0 saturated heterocycles. The van der Waals surface area contributed by atoms with Crippen molar-refractivity contribution in [3.63, 3.8) is 0 Å². The van der Waals surface area contributed by atoms with E-state index in [1.54, 1.807) is 0 Å². The van der Waals surface area contributed by atoms with Crippen LogP contribution in [0.5, 0.6) is 0 Å². The van der Waals surface area contributed by atoms with Crippen molar-refractivity contribution >= 4 is 11.8 Å². The molecule has 2 N–H and O–H groups in total. The highest BCUT2D eigenvalue weighted by Gasteiger charge is 2.44. The molecule has 2 rings (SSSR count). The molecular weight excluding hydrogens is 242 g/mol. The first kappa shape index (κ1) is 13.9. The summed E-state index contributed by atoms with van der Waals surface area (Å²) in [7, 11) is 0. The normalized spacial score (nSPS) is 18.6. The third kappa shape index (κ3) is 3.50. The van der Waals surface area contributed by atoms with Crippen molar-refractivity contribution in [3.8, 4) is 0 Å². The predicted octanol–water partition coefficient (Wildman–Crippen LogP) is 2.92. The quantitative estimate of drug-likeness (QED) is 0.709. The fourth-order valence-corrected chi connectivity index (χ4v) is 3.49. The van der Waals surface area contributed by atoms with Gasteiger partial charge in [0.15, 0.2) is 0 Å². The van der Waals surface area contributed by atoms with Gasteiger partial charge in [-0.3, -0.25) is 0 Å². The lowest BCUT2D eigenvalue weighted by Crippen LogP contribution is -2.53. The van der Waals surface area contributed by atoms with Crippen molar-refractivity contribution in [1.29, 1.82) is 0 Å². The average molecular weight is 265 g/mol. The fourth-order valence-electron chi connectivity index (χ4n) is 2.28. The van der Waals surface area contributed by atoms with Crippen LogP contribution >= 0.6 is 11.8 Å². The molecule has 100 valence electrons. The minimum absolute atomic E-state index is 0.0729. The zero-order chi connectivity index (χ0) is 12.8. The van der Waals surface area contributed by atoms with Crippen molar-refractivity contribution in [2.75, 3.05) is 18.9 Å². The van der Waals surface area contributed by atoms with Crippen LogP contribution in [0.25, 0.3) is 0 Å². The number of nitrogens with one attached hydrogen (secondary N) is 1. The zero-order valence-electron chi connectivity index (χ0n) is 11.1. The first-order valence-electron chi connectivity index (χ1n) is 6.84. The molecule has 0 bridgehead atoms. The Morgan fingerprint density at radius 1 is 1.33 bits per heavy atom. The highest BCUT2D eigenvalue weighted by Crippen LogP contribution is 2.42. The molecule has 1 unspecified atom stereocenters.